The zero-order chi connectivity index (χ0) is 11.4. The summed E-state index contributed by atoms with van der Waals surface area (Å²) in [6.07, 6.45) is 0.544. The van der Waals surface area contributed by atoms with Crippen molar-refractivity contribution in [2.45, 2.75) is 13.0 Å². The summed E-state index contributed by atoms with van der Waals surface area (Å²) in [6.45, 7) is 1.90. The van der Waals surface area contributed by atoms with Gasteiger partial charge in [0, 0.05) is 23.9 Å². The van der Waals surface area contributed by atoms with E-state index < -0.39 is 0 Å². The van der Waals surface area contributed by atoms with E-state index in [4.69, 9.17) is 4.74 Å². The molecule has 3 nitrogen and oxygen atoms in total. The Morgan fingerprint density at radius 3 is 3.06 bits per heavy atom. The first-order valence-corrected chi connectivity index (χ1v) is 6.48. The van der Waals surface area contributed by atoms with Crippen LogP contribution in [0.3, 0.4) is 0 Å². The normalized spacial score (nSPS) is 14.9. The van der Waals surface area contributed by atoms with Crippen LogP contribution < -0.4 is 4.74 Å². The predicted octanol–water partition coefficient (Wildman–Crippen LogP) is 2.19. The molecule has 0 saturated carbocycles. The molecule has 0 atom stereocenters. The molecule has 4 heteroatoms. The standard InChI is InChI=1S/C12H14BrNO2/c13-6-5-12(15)14-7-8-16-11-4-2-1-3-10(11)9-14/h1-4H,5-9H2. The maximum atomic E-state index is 11.8. The van der Waals surface area contributed by atoms with Crippen molar-refractivity contribution in [3.8, 4) is 5.75 Å². The number of nitrogens with zero attached hydrogens (tertiary/aromatic N) is 1. The van der Waals surface area contributed by atoms with Gasteiger partial charge in [-0.1, -0.05) is 34.1 Å². The molecule has 1 aromatic rings. The Hall–Kier alpha value is -1.03. The minimum Gasteiger partial charge on any atom is -0.491 e. The minimum absolute atomic E-state index is 0.178. The number of para-hydroxylation sites is 1. The fourth-order valence-electron chi connectivity index (χ4n) is 1.78. The smallest absolute Gasteiger partial charge is 0.223 e. The average Bonchev–Trinajstić information content (AvgIpc) is 2.51. The summed E-state index contributed by atoms with van der Waals surface area (Å²) in [5.74, 6) is 1.08. The molecule has 1 aliphatic heterocycles. The molecule has 0 saturated heterocycles. The van der Waals surface area contributed by atoms with Crippen LogP contribution in [0, 0.1) is 0 Å². The molecule has 0 radical (unpaired) electrons. The highest BCUT2D eigenvalue weighted by molar-refractivity contribution is 9.09. The molecular formula is C12H14BrNO2. The molecule has 2 rings (SSSR count). The fraction of sp³-hybridized carbons (Fsp3) is 0.417. The highest BCUT2D eigenvalue weighted by Gasteiger charge is 2.18. The zero-order valence-electron chi connectivity index (χ0n) is 8.99. The number of rotatable bonds is 2. The molecule has 1 aromatic carbocycles. The molecule has 1 amide bonds. The Morgan fingerprint density at radius 2 is 2.25 bits per heavy atom. The summed E-state index contributed by atoms with van der Waals surface area (Å²) in [7, 11) is 0. The molecule has 0 fully saturated rings. The van der Waals surface area contributed by atoms with Crippen molar-refractivity contribution in [3.05, 3.63) is 29.8 Å². The van der Waals surface area contributed by atoms with Gasteiger partial charge in [-0.25, -0.2) is 0 Å². The number of carbonyl (C=O) groups is 1. The molecule has 0 bridgehead atoms. The van der Waals surface area contributed by atoms with E-state index in [-0.39, 0.29) is 5.91 Å². The van der Waals surface area contributed by atoms with E-state index >= 15 is 0 Å². The largest absolute Gasteiger partial charge is 0.491 e. The third kappa shape index (κ3) is 2.55. The van der Waals surface area contributed by atoms with Gasteiger partial charge in [0.05, 0.1) is 6.54 Å². The van der Waals surface area contributed by atoms with Gasteiger partial charge < -0.3 is 9.64 Å². The number of amides is 1. The Bertz CT molecular complexity index is 381. The van der Waals surface area contributed by atoms with Crippen molar-refractivity contribution in [2.75, 3.05) is 18.5 Å². The Kier molecular flexibility index (Phi) is 3.83. The van der Waals surface area contributed by atoms with Crippen molar-refractivity contribution >= 4 is 21.8 Å². The summed E-state index contributed by atoms with van der Waals surface area (Å²) >= 11 is 3.29. The highest BCUT2D eigenvalue weighted by atomic mass is 79.9. The summed E-state index contributed by atoms with van der Waals surface area (Å²) in [5, 5.41) is 0.713. The van der Waals surface area contributed by atoms with Crippen LogP contribution in [-0.4, -0.2) is 29.3 Å². The topological polar surface area (TPSA) is 29.5 Å². The lowest BCUT2D eigenvalue weighted by molar-refractivity contribution is -0.131. The van der Waals surface area contributed by atoms with E-state index in [1.54, 1.807) is 0 Å². The Labute approximate surface area is 104 Å². The van der Waals surface area contributed by atoms with E-state index in [0.29, 0.717) is 31.4 Å². The number of carbonyl (C=O) groups excluding carboxylic acids is 1. The summed E-state index contributed by atoms with van der Waals surface area (Å²) < 4.78 is 5.60. The maximum Gasteiger partial charge on any atom is 0.223 e. The predicted molar refractivity (Wildman–Crippen MR) is 65.8 cm³/mol. The lowest BCUT2D eigenvalue weighted by atomic mass is 10.2. The van der Waals surface area contributed by atoms with Crippen LogP contribution in [0.2, 0.25) is 0 Å². The SMILES string of the molecule is O=C(CCBr)N1CCOc2ccccc2C1. The molecule has 1 heterocycles. The zero-order valence-corrected chi connectivity index (χ0v) is 10.6. The van der Waals surface area contributed by atoms with Gasteiger partial charge >= 0.3 is 0 Å². The third-order valence-electron chi connectivity index (χ3n) is 2.61. The van der Waals surface area contributed by atoms with Gasteiger partial charge in [0.15, 0.2) is 0 Å². The number of hydrogen-bond acceptors (Lipinski definition) is 2. The van der Waals surface area contributed by atoms with Gasteiger partial charge in [-0.2, -0.15) is 0 Å². The number of fused-ring (bicyclic) bond motifs is 1. The minimum atomic E-state index is 0.178. The molecule has 0 spiro atoms. The second-order valence-corrected chi connectivity index (χ2v) is 4.50. The molecule has 0 N–H and O–H groups in total. The van der Waals surface area contributed by atoms with Crippen molar-refractivity contribution in [3.63, 3.8) is 0 Å². The summed E-state index contributed by atoms with van der Waals surface area (Å²) in [4.78, 5) is 13.7. The van der Waals surface area contributed by atoms with Crippen molar-refractivity contribution in [2.24, 2.45) is 0 Å². The number of ether oxygens (including phenoxy) is 1. The van der Waals surface area contributed by atoms with Crippen molar-refractivity contribution in [1.82, 2.24) is 4.90 Å². The number of halogens is 1. The van der Waals surface area contributed by atoms with E-state index in [1.165, 1.54) is 0 Å². The maximum absolute atomic E-state index is 11.8. The number of hydrogen-bond donors (Lipinski definition) is 0. The highest BCUT2D eigenvalue weighted by Crippen LogP contribution is 2.22. The fourth-order valence-corrected chi connectivity index (χ4v) is 2.12. The van der Waals surface area contributed by atoms with Gasteiger partial charge in [-0.15, -0.1) is 0 Å². The Morgan fingerprint density at radius 1 is 1.44 bits per heavy atom. The van der Waals surface area contributed by atoms with Gasteiger partial charge in [0.1, 0.15) is 12.4 Å². The van der Waals surface area contributed by atoms with Crippen LogP contribution in [-0.2, 0) is 11.3 Å². The molecule has 86 valence electrons. The molecule has 16 heavy (non-hydrogen) atoms. The molecule has 0 aliphatic carbocycles. The van der Waals surface area contributed by atoms with Crippen molar-refractivity contribution in [1.29, 1.82) is 0 Å². The summed E-state index contributed by atoms with van der Waals surface area (Å²) in [5.41, 5.74) is 1.09. The quantitative estimate of drug-likeness (QED) is 0.779. The van der Waals surface area contributed by atoms with Crippen LogP contribution in [0.5, 0.6) is 5.75 Å². The number of alkyl halides is 1. The van der Waals surface area contributed by atoms with Crippen LogP contribution in [0.1, 0.15) is 12.0 Å². The summed E-state index contributed by atoms with van der Waals surface area (Å²) in [6, 6.07) is 7.89. The second kappa shape index (κ2) is 5.34. The molecule has 0 aromatic heterocycles. The lowest BCUT2D eigenvalue weighted by Gasteiger charge is -2.19. The second-order valence-electron chi connectivity index (χ2n) is 3.71. The van der Waals surface area contributed by atoms with Crippen LogP contribution in [0.15, 0.2) is 24.3 Å². The van der Waals surface area contributed by atoms with Crippen LogP contribution >= 0.6 is 15.9 Å². The van der Waals surface area contributed by atoms with E-state index in [1.807, 2.05) is 29.2 Å². The van der Waals surface area contributed by atoms with E-state index in [2.05, 4.69) is 15.9 Å². The van der Waals surface area contributed by atoms with E-state index in [9.17, 15) is 4.79 Å². The average molecular weight is 284 g/mol. The van der Waals surface area contributed by atoms with Crippen LogP contribution in [0.4, 0.5) is 0 Å². The van der Waals surface area contributed by atoms with Crippen LogP contribution in [0.25, 0.3) is 0 Å². The molecule has 0 unspecified atom stereocenters. The van der Waals surface area contributed by atoms with Gasteiger partial charge in [0.2, 0.25) is 5.91 Å². The first-order chi connectivity index (χ1) is 7.81. The lowest BCUT2D eigenvalue weighted by Crippen LogP contribution is -2.32. The van der Waals surface area contributed by atoms with E-state index in [0.717, 1.165) is 11.3 Å². The van der Waals surface area contributed by atoms with Gasteiger partial charge in [-0.05, 0) is 6.07 Å². The monoisotopic (exact) mass is 283 g/mol. The van der Waals surface area contributed by atoms with Gasteiger partial charge in [0.25, 0.3) is 0 Å². The van der Waals surface area contributed by atoms with Crippen molar-refractivity contribution < 1.29 is 9.53 Å². The Balaban J connectivity index is 2.13. The number of benzene rings is 1. The molecule has 1 aliphatic rings. The third-order valence-corrected chi connectivity index (χ3v) is 3.01. The van der Waals surface area contributed by atoms with Gasteiger partial charge in [-0.3, -0.25) is 4.79 Å². The molecular weight excluding hydrogens is 270 g/mol. The first-order valence-electron chi connectivity index (χ1n) is 5.35. The first kappa shape index (κ1) is 11.5.